The Hall–Kier alpha value is -4.23. The lowest BCUT2D eigenvalue weighted by Crippen LogP contribution is -2.64. The zero-order valence-electron chi connectivity index (χ0n) is 24.1. The van der Waals surface area contributed by atoms with Gasteiger partial charge in [0.05, 0.1) is 30.3 Å². The van der Waals surface area contributed by atoms with Gasteiger partial charge in [-0.15, -0.1) is 0 Å². The molecule has 3 aromatic heterocycles. The molecule has 222 valence electrons. The highest BCUT2D eigenvalue weighted by Crippen LogP contribution is 2.70. The van der Waals surface area contributed by atoms with Crippen LogP contribution in [0.2, 0.25) is 0 Å². The number of aliphatic hydroxyl groups excluding tert-OH is 1. The van der Waals surface area contributed by atoms with Gasteiger partial charge < -0.3 is 19.4 Å². The fourth-order valence-electron chi connectivity index (χ4n) is 9.58. The van der Waals surface area contributed by atoms with Crippen LogP contribution in [0, 0.1) is 45.8 Å². The number of carbonyl (C=O) groups excluding carboxylic acids is 1. The van der Waals surface area contributed by atoms with E-state index in [1.807, 2.05) is 36.0 Å². The van der Waals surface area contributed by atoms with Gasteiger partial charge in [-0.05, 0) is 91.2 Å². The van der Waals surface area contributed by atoms with Crippen molar-refractivity contribution in [3.05, 3.63) is 71.6 Å². The van der Waals surface area contributed by atoms with Gasteiger partial charge >= 0.3 is 11.9 Å². The van der Waals surface area contributed by atoms with E-state index in [2.05, 4.69) is 29.2 Å². The van der Waals surface area contributed by atoms with Crippen molar-refractivity contribution in [2.75, 3.05) is 0 Å². The molecule has 0 aromatic carbocycles. The molecule has 7 rings (SSSR count). The second-order valence-corrected chi connectivity index (χ2v) is 13.1. The highest BCUT2D eigenvalue weighted by Gasteiger charge is 2.74. The van der Waals surface area contributed by atoms with Crippen LogP contribution in [0.5, 0.6) is 0 Å². The number of carboxylic acids is 1. The zero-order valence-corrected chi connectivity index (χ0v) is 24.1. The van der Waals surface area contributed by atoms with Gasteiger partial charge in [-0.1, -0.05) is 25.5 Å². The first-order valence-electron chi connectivity index (χ1n) is 14.9. The van der Waals surface area contributed by atoms with Crippen LogP contribution in [0.25, 0.3) is 11.9 Å². The van der Waals surface area contributed by atoms with Gasteiger partial charge in [-0.3, -0.25) is 0 Å². The Morgan fingerprint density at radius 2 is 2.09 bits per heavy atom. The number of hydrogen-bond donors (Lipinski definition) is 2. The first kappa shape index (κ1) is 27.6. The number of aliphatic hydroxyl groups is 1. The smallest absolute Gasteiger partial charge is 0.375 e. The third kappa shape index (κ3) is 3.73. The summed E-state index contributed by atoms with van der Waals surface area (Å²) in [7, 11) is 0. The number of rotatable bonds is 5. The number of pyridine rings is 1. The van der Waals surface area contributed by atoms with Gasteiger partial charge in [0.2, 0.25) is 11.4 Å². The van der Waals surface area contributed by atoms with Crippen molar-refractivity contribution < 1.29 is 29.0 Å². The number of esters is 1. The molecule has 10 nitrogen and oxygen atoms in total. The quantitative estimate of drug-likeness (QED) is 0.403. The van der Waals surface area contributed by atoms with Crippen LogP contribution in [0.3, 0.4) is 0 Å². The molecule has 0 radical (unpaired) electrons. The summed E-state index contributed by atoms with van der Waals surface area (Å²) in [6.07, 6.45) is 9.06. The minimum Gasteiger partial charge on any atom is -0.478 e. The SMILES string of the molecule is C[C@]12Cc3cnn(-c4ccccn4)c3C=C1CC[C@@H]1[C@@H]2[C@@H](O)C[C@@]2(C)[C@H]1CC(CC#N)[C@]2(OC(=O)c1ccco1)C(=O)O. The second-order valence-electron chi connectivity index (χ2n) is 13.1. The van der Waals surface area contributed by atoms with Crippen LogP contribution in [0.1, 0.15) is 67.8 Å². The summed E-state index contributed by atoms with van der Waals surface area (Å²) in [5.74, 6) is -2.56. The number of aliphatic carboxylic acids is 1. The topological polar surface area (TPSA) is 151 Å². The summed E-state index contributed by atoms with van der Waals surface area (Å²) in [4.78, 5) is 31.0. The van der Waals surface area contributed by atoms with Crippen LogP contribution in [-0.4, -0.2) is 48.6 Å². The number of hydrogen-bond acceptors (Lipinski definition) is 8. The van der Waals surface area contributed by atoms with E-state index >= 15 is 0 Å². The Kier molecular flexibility index (Phi) is 6.19. The molecule has 2 N–H and O–H groups in total. The van der Waals surface area contributed by atoms with E-state index in [1.165, 1.54) is 24.0 Å². The molecule has 0 amide bonds. The summed E-state index contributed by atoms with van der Waals surface area (Å²) in [6.45, 7) is 4.05. The number of furan rings is 1. The van der Waals surface area contributed by atoms with E-state index in [-0.39, 0.29) is 41.8 Å². The van der Waals surface area contributed by atoms with Crippen LogP contribution >= 0.6 is 0 Å². The number of carbonyl (C=O) groups is 2. The van der Waals surface area contributed by atoms with E-state index in [9.17, 15) is 25.1 Å². The lowest BCUT2D eigenvalue weighted by atomic mass is 9.45. The lowest BCUT2D eigenvalue weighted by Gasteiger charge is -2.60. The van der Waals surface area contributed by atoms with Crippen molar-refractivity contribution in [3.63, 3.8) is 0 Å². The molecule has 8 atom stereocenters. The van der Waals surface area contributed by atoms with Gasteiger partial charge in [0, 0.05) is 24.0 Å². The molecule has 0 bridgehead atoms. The van der Waals surface area contributed by atoms with E-state index < -0.39 is 35.0 Å². The third-order valence-electron chi connectivity index (χ3n) is 11.3. The normalized spacial score (nSPS) is 35.9. The average molecular weight is 583 g/mol. The number of carboxylic acid groups (broad SMARTS) is 1. The van der Waals surface area contributed by atoms with E-state index in [4.69, 9.17) is 9.15 Å². The Labute approximate surface area is 249 Å². The molecule has 1 unspecified atom stereocenters. The van der Waals surface area contributed by atoms with Crippen LogP contribution in [0.15, 0.2) is 59.0 Å². The van der Waals surface area contributed by atoms with Crippen molar-refractivity contribution >= 4 is 18.0 Å². The number of allylic oxidation sites excluding steroid dienone is 1. The van der Waals surface area contributed by atoms with Crippen molar-refractivity contribution in [3.8, 4) is 11.9 Å². The van der Waals surface area contributed by atoms with Crippen molar-refractivity contribution in [1.29, 1.82) is 5.26 Å². The van der Waals surface area contributed by atoms with Gasteiger partial charge in [-0.25, -0.2) is 19.3 Å². The lowest BCUT2D eigenvalue weighted by molar-refractivity contribution is -0.200. The molecule has 3 heterocycles. The minimum absolute atomic E-state index is 0.0204. The molecule has 0 spiro atoms. The van der Waals surface area contributed by atoms with Crippen LogP contribution in [0.4, 0.5) is 0 Å². The molecule has 4 aliphatic carbocycles. The standard InChI is InChI=1S/C33H34N4O6/c1-31-16-19-18-36-37(27-7-3-4-12-35-27)24(19)15-20(31)8-9-22-23-14-21(10-11-34)33(30(40)41,32(23,2)17-25(38)28(22)31)43-29(39)26-6-5-13-42-26/h3-7,12-13,15,18,21-23,25,28,38H,8-10,14,16-17H2,1-2H3,(H,40,41)/t21?,22-,23-,25-,28+,31-,32-,33-/m0/s1. The van der Waals surface area contributed by atoms with E-state index in [0.717, 1.165) is 29.9 Å². The summed E-state index contributed by atoms with van der Waals surface area (Å²) in [5, 5.41) is 37.3. The fraction of sp³-hybridized carbons (Fsp3) is 0.485. The summed E-state index contributed by atoms with van der Waals surface area (Å²) in [6, 6.07) is 10.8. The third-order valence-corrected chi connectivity index (χ3v) is 11.3. The number of aromatic nitrogens is 3. The molecule has 43 heavy (non-hydrogen) atoms. The monoisotopic (exact) mass is 582 g/mol. The molecule has 10 heteroatoms. The molecule has 0 saturated heterocycles. The Bertz CT molecular complexity index is 1660. The minimum atomic E-state index is -1.98. The number of nitriles is 1. The zero-order chi connectivity index (χ0) is 30.1. The Morgan fingerprint density at radius 3 is 2.79 bits per heavy atom. The van der Waals surface area contributed by atoms with Gasteiger partial charge in [0.1, 0.15) is 0 Å². The Balaban J connectivity index is 1.27. The highest BCUT2D eigenvalue weighted by molar-refractivity contribution is 5.91. The molecule has 4 aliphatic rings. The second kappa shape index (κ2) is 9.64. The van der Waals surface area contributed by atoms with Gasteiger partial charge in [0.25, 0.3) is 0 Å². The maximum atomic E-state index is 13.3. The van der Waals surface area contributed by atoms with Crippen molar-refractivity contribution in [1.82, 2.24) is 14.8 Å². The summed E-state index contributed by atoms with van der Waals surface area (Å²) >= 11 is 0. The number of fused-ring (bicyclic) bond motifs is 6. The first-order chi connectivity index (χ1) is 20.6. The molecular weight excluding hydrogens is 548 g/mol. The maximum Gasteiger partial charge on any atom is 0.375 e. The van der Waals surface area contributed by atoms with Crippen molar-refractivity contribution in [2.45, 2.75) is 64.1 Å². The van der Waals surface area contributed by atoms with Crippen LogP contribution in [-0.2, 0) is 16.0 Å². The predicted molar refractivity (Wildman–Crippen MR) is 152 cm³/mol. The molecular formula is C33H34N4O6. The van der Waals surface area contributed by atoms with Crippen molar-refractivity contribution in [2.24, 2.45) is 34.5 Å². The summed E-state index contributed by atoms with van der Waals surface area (Å²) in [5.41, 5.74) is -0.0992. The number of ether oxygens (including phenoxy) is 1. The fourth-order valence-corrected chi connectivity index (χ4v) is 9.58. The largest absolute Gasteiger partial charge is 0.478 e. The van der Waals surface area contributed by atoms with Crippen LogP contribution < -0.4 is 0 Å². The summed E-state index contributed by atoms with van der Waals surface area (Å²) < 4.78 is 13.1. The van der Waals surface area contributed by atoms with Gasteiger partial charge in [0.15, 0.2) is 5.82 Å². The maximum absolute atomic E-state index is 13.3. The first-order valence-corrected chi connectivity index (χ1v) is 14.9. The molecule has 3 fully saturated rings. The van der Waals surface area contributed by atoms with Gasteiger partial charge in [-0.2, -0.15) is 10.4 Å². The predicted octanol–water partition coefficient (Wildman–Crippen LogP) is 4.83. The highest BCUT2D eigenvalue weighted by atomic mass is 16.6. The number of nitrogens with zero attached hydrogens (tertiary/aromatic N) is 4. The molecule has 3 aromatic rings. The average Bonchev–Trinajstić information content (AvgIpc) is 3.70. The molecule has 3 saturated carbocycles. The Morgan fingerprint density at radius 1 is 1.26 bits per heavy atom. The van der Waals surface area contributed by atoms with E-state index in [0.29, 0.717) is 12.8 Å². The van der Waals surface area contributed by atoms with E-state index in [1.54, 1.807) is 6.20 Å². The molecule has 0 aliphatic heterocycles.